The Kier molecular flexibility index (Phi) is 5.00. The summed E-state index contributed by atoms with van der Waals surface area (Å²) < 4.78 is 0. The summed E-state index contributed by atoms with van der Waals surface area (Å²) in [4.78, 5) is 0. The van der Waals surface area contributed by atoms with E-state index in [1.807, 2.05) is 0 Å². The fourth-order valence-electron chi connectivity index (χ4n) is 7.22. The molecule has 9 aromatic carbocycles. The first-order chi connectivity index (χ1) is 20.9. The van der Waals surface area contributed by atoms with Crippen molar-refractivity contribution in [3.8, 4) is 22.3 Å². The Morgan fingerprint density at radius 3 is 1.31 bits per heavy atom. The molecule has 0 amide bonds. The van der Waals surface area contributed by atoms with Gasteiger partial charge >= 0.3 is 0 Å². The second-order valence-corrected chi connectivity index (χ2v) is 11.2. The summed E-state index contributed by atoms with van der Waals surface area (Å²) in [6.07, 6.45) is 0. The standard InChI is InChI=1S/C42H26/c1-2-14-29-27(12-1)13-11-23-32(29)31-16-4-3-15-30(31)28-24-25-36-35-19-7-9-21-38(35)41-37-20-8-5-17-33(37)34-18-6-10-22-39(34)42(41)40(36)26-28/h1-26H. The molecule has 0 aromatic heterocycles. The van der Waals surface area contributed by atoms with Gasteiger partial charge in [-0.3, -0.25) is 0 Å². The molecular formula is C42H26. The molecule has 0 heterocycles. The lowest BCUT2D eigenvalue weighted by Crippen LogP contribution is -1.90. The number of rotatable bonds is 2. The highest BCUT2D eigenvalue weighted by Crippen LogP contribution is 2.45. The van der Waals surface area contributed by atoms with E-state index in [-0.39, 0.29) is 0 Å². The molecule has 0 saturated heterocycles. The average Bonchev–Trinajstić information content (AvgIpc) is 3.07. The fraction of sp³-hybridized carbons (Fsp3) is 0. The van der Waals surface area contributed by atoms with Crippen LogP contribution in [0.4, 0.5) is 0 Å². The van der Waals surface area contributed by atoms with E-state index in [0.717, 1.165) is 0 Å². The summed E-state index contributed by atoms with van der Waals surface area (Å²) in [7, 11) is 0. The predicted molar refractivity (Wildman–Crippen MR) is 182 cm³/mol. The van der Waals surface area contributed by atoms with Crippen molar-refractivity contribution in [2.45, 2.75) is 0 Å². The van der Waals surface area contributed by atoms with Gasteiger partial charge in [0.05, 0.1) is 0 Å². The van der Waals surface area contributed by atoms with E-state index in [9.17, 15) is 0 Å². The lowest BCUT2D eigenvalue weighted by Gasteiger charge is -2.18. The Morgan fingerprint density at radius 1 is 0.238 bits per heavy atom. The van der Waals surface area contributed by atoms with E-state index in [1.54, 1.807) is 0 Å². The van der Waals surface area contributed by atoms with E-state index in [1.165, 1.54) is 86.9 Å². The van der Waals surface area contributed by atoms with E-state index >= 15 is 0 Å². The molecular weight excluding hydrogens is 504 g/mol. The third-order valence-electron chi connectivity index (χ3n) is 9.03. The normalized spacial score (nSPS) is 11.8. The van der Waals surface area contributed by atoms with Crippen molar-refractivity contribution in [2.24, 2.45) is 0 Å². The van der Waals surface area contributed by atoms with Crippen LogP contribution in [0.1, 0.15) is 0 Å². The number of benzene rings is 9. The van der Waals surface area contributed by atoms with Gasteiger partial charge in [0, 0.05) is 0 Å². The van der Waals surface area contributed by atoms with Crippen LogP contribution in [0.3, 0.4) is 0 Å². The fourth-order valence-corrected chi connectivity index (χ4v) is 7.22. The topological polar surface area (TPSA) is 0 Å². The monoisotopic (exact) mass is 530 g/mol. The van der Waals surface area contributed by atoms with Gasteiger partial charge < -0.3 is 0 Å². The van der Waals surface area contributed by atoms with Crippen LogP contribution in [0, 0.1) is 0 Å². The Labute approximate surface area is 244 Å². The second-order valence-electron chi connectivity index (χ2n) is 11.2. The molecule has 0 unspecified atom stereocenters. The van der Waals surface area contributed by atoms with Gasteiger partial charge in [-0.25, -0.2) is 0 Å². The van der Waals surface area contributed by atoms with Crippen LogP contribution in [-0.4, -0.2) is 0 Å². The smallest absolute Gasteiger partial charge is 0.00137 e. The summed E-state index contributed by atoms with van der Waals surface area (Å²) in [6.45, 7) is 0. The number of hydrogen-bond acceptors (Lipinski definition) is 0. The first-order valence-electron chi connectivity index (χ1n) is 14.6. The SMILES string of the molecule is c1ccc(-c2cccc3ccccc23)c(-c2ccc3c4ccccc4c4c5ccccc5c5ccccc5c4c3c2)c1. The van der Waals surface area contributed by atoms with Gasteiger partial charge in [0.15, 0.2) is 0 Å². The maximum Gasteiger partial charge on any atom is -0.00137 e. The van der Waals surface area contributed by atoms with Crippen LogP contribution >= 0.6 is 0 Å². The second kappa shape index (κ2) is 9.03. The third-order valence-corrected chi connectivity index (χ3v) is 9.03. The summed E-state index contributed by atoms with van der Waals surface area (Å²) in [6, 6.07) is 58.0. The molecule has 9 rings (SSSR count). The molecule has 0 aliphatic rings. The van der Waals surface area contributed by atoms with Crippen LogP contribution in [0.25, 0.3) is 86.9 Å². The van der Waals surface area contributed by atoms with Gasteiger partial charge in [0.1, 0.15) is 0 Å². The van der Waals surface area contributed by atoms with Crippen molar-refractivity contribution in [3.63, 3.8) is 0 Å². The molecule has 0 atom stereocenters. The van der Waals surface area contributed by atoms with Crippen LogP contribution in [0.2, 0.25) is 0 Å². The van der Waals surface area contributed by atoms with Crippen LogP contribution in [0.5, 0.6) is 0 Å². The predicted octanol–water partition coefficient (Wildman–Crippen LogP) is 11.9. The molecule has 9 aromatic rings. The van der Waals surface area contributed by atoms with Crippen molar-refractivity contribution in [1.82, 2.24) is 0 Å². The largest absolute Gasteiger partial charge is 0.0616 e. The highest BCUT2D eigenvalue weighted by molar-refractivity contribution is 6.39. The Bertz CT molecular complexity index is 2490. The van der Waals surface area contributed by atoms with Crippen molar-refractivity contribution in [2.75, 3.05) is 0 Å². The van der Waals surface area contributed by atoms with Crippen molar-refractivity contribution >= 4 is 64.6 Å². The minimum Gasteiger partial charge on any atom is -0.0616 e. The zero-order valence-electron chi connectivity index (χ0n) is 23.0. The van der Waals surface area contributed by atoms with Gasteiger partial charge in [-0.15, -0.1) is 0 Å². The quantitative estimate of drug-likeness (QED) is 0.195. The molecule has 0 saturated carbocycles. The van der Waals surface area contributed by atoms with Gasteiger partial charge in [-0.1, -0.05) is 152 Å². The highest BCUT2D eigenvalue weighted by Gasteiger charge is 2.17. The van der Waals surface area contributed by atoms with Crippen molar-refractivity contribution in [3.05, 3.63) is 158 Å². The maximum absolute atomic E-state index is 2.44. The van der Waals surface area contributed by atoms with E-state index < -0.39 is 0 Å². The molecule has 0 radical (unpaired) electrons. The van der Waals surface area contributed by atoms with Crippen LogP contribution in [0.15, 0.2) is 158 Å². The van der Waals surface area contributed by atoms with Gasteiger partial charge in [0.25, 0.3) is 0 Å². The molecule has 0 spiro atoms. The number of fused-ring (bicyclic) bond motifs is 12. The molecule has 0 nitrogen and oxygen atoms in total. The first-order valence-corrected chi connectivity index (χ1v) is 14.6. The zero-order chi connectivity index (χ0) is 27.6. The molecule has 42 heavy (non-hydrogen) atoms. The van der Waals surface area contributed by atoms with Crippen molar-refractivity contribution in [1.29, 1.82) is 0 Å². The van der Waals surface area contributed by atoms with Crippen LogP contribution < -0.4 is 0 Å². The highest BCUT2D eigenvalue weighted by atomic mass is 14.2. The zero-order valence-corrected chi connectivity index (χ0v) is 23.0. The molecule has 0 aliphatic carbocycles. The van der Waals surface area contributed by atoms with Gasteiger partial charge in [-0.05, 0) is 93.0 Å². The van der Waals surface area contributed by atoms with E-state index in [4.69, 9.17) is 0 Å². The lowest BCUT2D eigenvalue weighted by atomic mass is 9.85. The van der Waals surface area contributed by atoms with E-state index in [2.05, 4.69) is 158 Å². The van der Waals surface area contributed by atoms with E-state index in [0.29, 0.717) is 0 Å². The van der Waals surface area contributed by atoms with Crippen molar-refractivity contribution < 1.29 is 0 Å². The summed E-state index contributed by atoms with van der Waals surface area (Å²) >= 11 is 0. The Hall–Kier alpha value is -5.46. The Morgan fingerprint density at radius 2 is 0.667 bits per heavy atom. The molecule has 0 aliphatic heterocycles. The molecule has 0 bridgehead atoms. The summed E-state index contributed by atoms with van der Waals surface area (Å²) in [5.74, 6) is 0. The lowest BCUT2D eigenvalue weighted by molar-refractivity contribution is 1.62. The number of hydrogen-bond donors (Lipinski definition) is 0. The van der Waals surface area contributed by atoms with Crippen LogP contribution in [-0.2, 0) is 0 Å². The molecule has 0 heteroatoms. The Balaban J connectivity index is 1.44. The first kappa shape index (κ1) is 23.3. The average molecular weight is 531 g/mol. The maximum atomic E-state index is 2.44. The molecule has 194 valence electrons. The van der Waals surface area contributed by atoms with Gasteiger partial charge in [-0.2, -0.15) is 0 Å². The summed E-state index contributed by atoms with van der Waals surface area (Å²) in [5.41, 5.74) is 5.01. The minimum atomic E-state index is 1.24. The van der Waals surface area contributed by atoms with Gasteiger partial charge in [0.2, 0.25) is 0 Å². The molecule has 0 fully saturated rings. The summed E-state index contributed by atoms with van der Waals surface area (Å²) in [5, 5.41) is 15.7. The minimum absolute atomic E-state index is 1.24. The third kappa shape index (κ3) is 3.30. The molecule has 0 N–H and O–H groups in total.